The summed E-state index contributed by atoms with van der Waals surface area (Å²) in [6.07, 6.45) is 0. The highest BCUT2D eigenvalue weighted by molar-refractivity contribution is 6.48. The van der Waals surface area contributed by atoms with Crippen molar-refractivity contribution in [2.75, 3.05) is 0 Å². The molecule has 0 radical (unpaired) electrons. The maximum Gasteiger partial charge on any atom is 0.0778 e. The molecule has 0 N–H and O–H groups in total. The van der Waals surface area contributed by atoms with Crippen molar-refractivity contribution >= 4 is 34.8 Å². The average molecular weight is 334 g/mol. The van der Waals surface area contributed by atoms with Crippen LogP contribution >= 0.6 is 34.8 Å². The predicted molar refractivity (Wildman–Crippen MR) is 92.3 cm³/mol. The van der Waals surface area contributed by atoms with Gasteiger partial charge < -0.3 is 0 Å². The summed E-state index contributed by atoms with van der Waals surface area (Å²) in [5.41, 5.74) is 4.37. The highest BCUT2D eigenvalue weighted by atomic mass is 35.5. The third-order valence-electron chi connectivity index (χ3n) is 3.31. The van der Waals surface area contributed by atoms with Gasteiger partial charge >= 0.3 is 0 Å². The molecule has 0 nitrogen and oxygen atoms in total. The van der Waals surface area contributed by atoms with Gasteiger partial charge in [0.2, 0.25) is 0 Å². The number of hydrogen-bond donors (Lipinski definition) is 0. The van der Waals surface area contributed by atoms with Crippen LogP contribution in [0.5, 0.6) is 0 Å². The van der Waals surface area contributed by atoms with Crippen molar-refractivity contribution < 1.29 is 0 Å². The van der Waals surface area contributed by atoms with Crippen molar-refractivity contribution in [3.63, 3.8) is 0 Å². The molecule has 3 heteroatoms. The molecule has 3 aromatic carbocycles. The van der Waals surface area contributed by atoms with Gasteiger partial charge in [-0.1, -0.05) is 89.4 Å². The van der Waals surface area contributed by atoms with E-state index in [4.69, 9.17) is 34.8 Å². The van der Waals surface area contributed by atoms with Crippen LogP contribution in [0.3, 0.4) is 0 Å². The SMILES string of the molecule is Clc1cc(-c2ccc(-c3ccccc3)cc2)cc(Cl)c1Cl. The largest absolute Gasteiger partial charge is 0.0826 e. The number of halogens is 3. The Labute approximate surface area is 138 Å². The van der Waals surface area contributed by atoms with E-state index in [0.29, 0.717) is 15.1 Å². The molecule has 0 aromatic heterocycles. The maximum atomic E-state index is 6.08. The molecule has 0 spiro atoms. The van der Waals surface area contributed by atoms with Crippen LogP contribution in [0.4, 0.5) is 0 Å². The molecule has 21 heavy (non-hydrogen) atoms. The lowest BCUT2D eigenvalue weighted by Gasteiger charge is -2.07. The van der Waals surface area contributed by atoms with Crippen LogP contribution in [0, 0.1) is 0 Å². The zero-order chi connectivity index (χ0) is 14.8. The summed E-state index contributed by atoms with van der Waals surface area (Å²) < 4.78 is 0. The van der Waals surface area contributed by atoms with Gasteiger partial charge in [-0.05, 0) is 34.4 Å². The first-order chi connectivity index (χ1) is 10.1. The van der Waals surface area contributed by atoms with Gasteiger partial charge in [0, 0.05) is 0 Å². The van der Waals surface area contributed by atoms with Crippen molar-refractivity contribution in [2.24, 2.45) is 0 Å². The van der Waals surface area contributed by atoms with Crippen molar-refractivity contribution in [3.8, 4) is 22.3 Å². The van der Waals surface area contributed by atoms with Crippen LogP contribution in [0.1, 0.15) is 0 Å². The zero-order valence-corrected chi connectivity index (χ0v) is 13.3. The number of rotatable bonds is 2. The molecule has 0 amide bonds. The molecule has 0 fully saturated rings. The summed E-state index contributed by atoms with van der Waals surface area (Å²) in [5, 5.41) is 1.32. The van der Waals surface area contributed by atoms with Crippen molar-refractivity contribution in [1.82, 2.24) is 0 Å². The molecule has 0 aliphatic carbocycles. The summed E-state index contributed by atoms with van der Waals surface area (Å²) in [6.45, 7) is 0. The smallest absolute Gasteiger partial charge is 0.0778 e. The van der Waals surface area contributed by atoms with Crippen LogP contribution in [-0.4, -0.2) is 0 Å². The van der Waals surface area contributed by atoms with Crippen LogP contribution in [0.15, 0.2) is 66.7 Å². The van der Waals surface area contributed by atoms with Crippen molar-refractivity contribution in [1.29, 1.82) is 0 Å². The van der Waals surface area contributed by atoms with E-state index in [9.17, 15) is 0 Å². The quantitative estimate of drug-likeness (QED) is 0.444. The lowest BCUT2D eigenvalue weighted by atomic mass is 10.0. The first-order valence-corrected chi connectivity index (χ1v) is 7.59. The second-order valence-electron chi connectivity index (χ2n) is 4.70. The second kappa shape index (κ2) is 6.11. The van der Waals surface area contributed by atoms with Gasteiger partial charge in [-0.25, -0.2) is 0 Å². The minimum Gasteiger partial charge on any atom is -0.0826 e. The number of benzene rings is 3. The molecule has 0 aliphatic rings. The van der Waals surface area contributed by atoms with Crippen LogP contribution in [0.2, 0.25) is 15.1 Å². The lowest BCUT2D eigenvalue weighted by molar-refractivity contribution is 1.59. The highest BCUT2D eigenvalue weighted by Gasteiger charge is 2.07. The Kier molecular flexibility index (Phi) is 4.21. The molecular formula is C18H11Cl3. The minimum atomic E-state index is 0.392. The Bertz CT molecular complexity index is 739. The lowest BCUT2D eigenvalue weighted by Crippen LogP contribution is -1.82. The van der Waals surface area contributed by atoms with E-state index in [1.165, 1.54) is 11.1 Å². The molecule has 0 bridgehead atoms. The summed E-state index contributed by atoms with van der Waals surface area (Å²) in [5.74, 6) is 0. The molecule has 0 aliphatic heterocycles. The Morgan fingerprint density at radius 1 is 0.476 bits per heavy atom. The van der Waals surface area contributed by atoms with Crippen LogP contribution in [-0.2, 0) is 0 Å². The van der Waals surface area contributed by atoms with Crippen LogP contribution in [0.25, 0.3) is 22.3 Å². The van der Waals surface area contributed by atoms with Gasteiger partial charge in [-0.2, -0.15) is 0 Å². The van der Waals surface area contributed by atoms with Gasteiger partial charge in [0.25, 0.3) is 0 Å². The predicted octanol–water partition coefficient (Wildman–Crippen LogP) is 6.98. The average Bonchev–Trinajstić information content (AvgIpc) is 2.53. The fourth-order valence-electron chi connectivity index (χ4n) is 2.21. The molecule has 0 heterocycles. The van der Waals surface area contributed by atoms with E-state index in [2.05, 4.69) is 36.4 Å². The third kappa shape index (κ3) is 3.08. The Hall–Kier alpha value is -1.47. The first kappa shape index (κ1) is 14.5. The normalized spacial score (nSPS) is 10.6. The second-order valence-corrected chi connectivity index (χ2v) is 5.89. The van der Waals surface area contributed by atoms with Crippen molar-refractivity contribution in [2.45, 2.75) is 0 Å². The molecule has 0 unspecified atom stereocenters. The van der Waals surface area contributed by atoms with E-state index in [0.717, 1.165) is 11.1 Å². The maximum absolute atomic E-state index is 6.08. The van der Waals surface area contributed by atoms with E-state index in [-0.39, 0.29) is 0 Å². The third-order valence-corrected chi connectivity index (χ3v) is 4.51. The van der Waals surface area contributed by atoms with Gasteiger partial charge in [0.1, 0.15) is 0 Å². The van der Waals surface area contributed by atoms with E-state index in [1.807, 2.05) is 30.3 Å². The molecule has 0 saturated heterocycles. The summed E-state index contributed by atoms with van der Waals surface area (Å²) in [7, 11) is 0. The monoisotopic (exact) mass is 332 g/mol. The van der Waals surface area contributed by atoms with Crippen molar-refractivity contribution in [3.05, 3.63) is 81.8 Å². The molecule has 0 atom stereocenters. The number of hydrogen-bond acceptors (Lipinski definition) is 0. The molecular weight excluding hydrogens is 323 g/mol. The van der Waals surface area contributed by atoms with E-state index >= 15 is 0 Å². The topological polar surface area (TPSA) is 0 Å². The Balaban J connectivity index is 1.98. The zero-order valence-electron chi connectivity index (χ0n) is 11.0. The molecule has 104 valence electrons. The Morgan fingerprint density at radius 3 is 1.43 bits per heavy atom. The summed E-state index contributed by atoms with van der Waals surface area (Å²) in [6, 6.07) is 22.2. The van der Waals surface area contributed by atoms with Gasteiger partial charge in [-0.3, -0.25) is 0 Å². The van der Waals surface area contributed by atoms with Gasteiger partial charge in [0.15, 0.2) is 0 Å². The standard InChI is InChI=1S/C18H11Cl3/c19-16-10-15(11-17(20)18(16)21)14-8-6-13(7-9-14)12-4-2-1-3-5-12/h1-11H. The van der Waals surface area contributed by atoms with Crippen LogP contribution < -0.4 is 0 Å². The highest BCUT2D eigenvalue weighted by Crippen LogP contribution is 2.35. The fraction of sp³-hybridized carbons (Fsp3) is 0. The minimum absolute atomic E-state index is 0.392. The molecule has 3 aromatic rings. The van der Waals surface area contributed by atoms with Gasteiger partial charge in [0.05, 0.1) is 15.1 Å². The molecule has 0 saturated carbocycles. The van der Waals surface area contributed by atoms with E-state index in [1.54, 1.807) is 0 Å². The van der Waals surface area contributed by atoms with E-state index < -0.39 is 0 Å². The fourth-order valence-corrected chi connectivity index (χ4v) is 2.80. The summed E-state index contributed by atoms with van der Waals surface area (Å²) in [4.78, 5) is 0. The first-order valence-electron chi connectivity index (χ1n) is 6.45. The molecule has 3 rings (SSSR count). The summed E-state index contributed by atoms with van der Waals surface area (Å²) >= 11 is 18.1. The van der Waals surface area contributed by atoms with Gasteiger partial charge in [-0.15, -0.1) is 0 Å². The Morgan fingerprint density at radius 2 is 0.905 bits per heavy atom.